The minimum Gasteiger partial charge on any atom is -0.356 e. The molecule has 0 radical (unpaired) electrons. The number of hydrogen-bond donors (Lipinski definition) is 1. The van der Waals surface area contributed by atoms with Gasteiger partial charge in [0.2, 0.25) is 16.0 Å². The first kappa shape index (κ1) is 20.1. The van der Waals surface area contributed by atoms with Crippen LogP contribution in [0.3, 0.4) is 0 Å². The molecule has 27 heavy (non-hydrogen) atoms. The van der Waals surface area contributed by atoms with Crippen LogP contribution >= 0.6 is 23.1 Å². The average Bonchev–Trinajstić information content (AvgIpc) is 3.09. The fourth-order valence-electron chi connectivity index (χ4n) is 3.18. The highest BCUT2D eigenvalue weighted by Crippen LogP contribution is 2.26. The number of anilines is 1. The van der Waals surface area contributed by atoms with Crippen molar-refractivity contribution in [2.75, 3.05) is 36.0 Å². The van der Waals surface area contributed by atoms with Crippen molar-refractivity contribution in [2.45, 2.75) is 39.5 Å². The first-order valence-electron chi connectivity index (χ1n) is 9.56. The summed E-state index contributed by atoms with van der Waals surface area (Å²) in [6, 6.07) is 1.49. The van der Waals surface area contributed by atoms with Gasteiger partial charge in [-0.1, -0.05) is 18.3 Å². The second-order valence-corrected chi connectivity index (χ2v) is 9.02. The molecule has 1 fully saturated rings. The monoisotopic (exact) mass is 409 g/mol. The number of carbonyl (C=O) groups is 1. The van der Waals surface area contributed by atoms with Crippen LogP contribution in [0.25, 0.3) is 4.96 Å². The van der Waals surface area contributed by atoms with Gasteiger partial charge >= 0.3 is 0 Å². The molecule has 3 heterocycles. The van der Waals surface area contributed by atoms with Crippen LogP contribution in [0.4, 0.5) is 5.13 Å². The van der Waals surface area contributed by atoms with Gasteiger partial charge in [0, 0.05) is 31.4 Å². The molecular formula is C18H27N5O2S2. The van der Waals surface area contributed by atoms with Crippen molar-refractivity contribution >= 4 is 39.1 Å². The Bertz CT molecular complexity index is 835. The number of nitrogens with zero attached hydrogens (tertiary/aromatic N) is 4. The molecule has 7 nitrogen and oxygen atoms in total. The molecule has 1 amide bonds. The summed E-state index contributed by atoms with van der Waals surface area (Å²) < 4.78 is 1.35. The average molecular weight is 410 g/mol. The van der Waals surface area contributed by atoms with E-state index >= 15 is 0 Å². The normalized spacial score (nSPS) is 17.4. The highest BCUT2D eigenvalue weighted by molar-refractivity contribution is 7.99. The molecule has 2 aromatic heterocycles. The van der Waals surface area contributed by atoms with E-state index in [1.807, 2.05) is 18.7 Å². The van der Waals surface area contributed by atoms with Crippen LogP contribution in [0.5, 0.6) is 0 Å². The maximum atomic E-state index is 12.5. The first-order valence-corrected chi connectivity index (χ1v) is 11.5. The number of aryl methyl sites for hydroxylation is 1. The molecular weight excluding hydrogens is 382 g/mol. The van der Waals surface area contributed by atoms with E-state index in [0.29, 0.717) is 17.2 Å². The van der Waals surface area contributed by atoms with E-state index in [4.69, 9.17) is 0 Å². The third-order valence-electron chi connectivity index (χ3n) is 4.54. The summed E-state index contributed by atoms with van der Waals surface area (Å²) in [7, 11) is 0. The zero-order chi connectivity index (χ0) is 19.2. The second-order valence-electron chi connectivity index (χ2n) is 6.86. The van der Waals surface area contributed by atoms with Gasteiger partial charge in [0.1, 0.15) is 0 Å². The predicted molar refractivity (Wildman–Crippen MR) is 112 cm³/mol. The molecule has 1 atom stereocenters. The van der Waals surface area contributed by atoms with Crippen LogP contribution in [0.2, 0.25) is 0 Å². The summed E-state index contributed by atoms with van der Waals surface area (Å²) in [5.41, 5.74) is 0.537. The standard InChI is InChI=1S/C18H27N5O2S2/c1-3-9-26-10-5-7-19-16(25)14-6-4-8-22(12-14)18-21-23-15(24)11-13(2)20-17(23)27-18/h11,14H,3-10,12H2,1-2H3,(H,19,25)/t14-/m0/s1. The van der Waals surface area contributed by atoms with Gasteiger partial charge in [0.05, 0.1) is 5.92 Å². The number of carbonyl (C=O) groups excluding carboxylic acids is 1. The number of amides is 1. The van der Waals surface area contributed by atoms with Crippen molar-refractivity contribution in [3.05, 3.63) is 22.1 Å². The van der Waals surface area contributed by atoms with Crippen molar-refractivity contribution in [2.24, 2.45) is 5.92 Å². The van der Waals surface area contributed by atoms with Crippen molar-refractivity contribution in [3.8, 4) is 0 Å². The lowest BCUT2D eigenvalue weighted by atomic mass is 9.97. The maximum absolute atomic E-state index is 12.5. The van der Waals surface area contributed by atoms with Gasteiger partial charge in [0.25, 0.3) is 5.56 Å². The molecule has 3 rings (SSSR count). The van der Waals surface area contributed by atoms with Gasteiger partial charge in [-0.2, -0.15) is 16.3 Å². The zero-order valence-electron chi connectivity index (χ0n) is 15.9. The summed E-state index contributed by atoms with van der Waals surface area (Å²) in [6.45, 7) is 6.23. The lowest BCUT2D eigenvalue weighted by molar-refractivity contribution is -0.125. The Kier molecular flexibility index (Phi) is 7.12. The summed E-state index contributed by atoms with van der Waals surface area (Å²) in [5, 5.41) is 8.27. The van der Waals surface area contributed by atoms with Crippen LogP contribution < -0.4 is 15.8 Å². The third kappa shape index (κ3) is 5.22. The van der Waals surface area contributed by atoms with Crippen molar-refractivity contribution in [1.29, 1.82) is 0 Å². The van der Waals surface area contributed by atoms with Gasteiger partial charge in [-0.15, -0.1) is 5.10 Å². The molecule has 0 aliphatic carbocycles. The molecule has 1 N–H and O–H groups in total. The van der Waals surface area contributed by atoms with Crippen molar-refractivity contribution in [1.82, 2.24) is 19.9 Å². The molecule has 1 saturated heterocycles. The number of aromatic nitrogens is 3. The Labute approximate surface area is 167 Å². The summed E-state index contributed by atoms with van der Waals surface area (Å²) in [5.74, 6) is 2.39. The van der Waals surface area contributed by atoms with Gasteiger partial charge in [0.15, 0.2) is 0 Å². The quantitative estimate of drug-likeness (QED) is 0.674. The molecule has 0 aromatic carbocycles. The van der Waals surface area contributed by atoms with Gasteiger partial charge in [-0.25, -0.2) is 4.98 Å². The number of fused-ring (bicyclic) bond motifs is 1. The Morgan fingerprint density at radius 3 is 3.11 bits per heavy atom. The lowest BCUT2D eigenvalue weighted by Crippen LogP contribution is -2.43. The highest BCUT2D eigenvalue weighted by atomic mass is 32.2. The molecule has 9 heteroatoms. The molecule has 0 saturated carbocycles. The maximum Gasteiger partial charge on any atom is 0.275 e. The lowest BCUT2D eigenvalue weighted by Gasteiger charge is -2.31. The number of thioether (sulfide) groups is 1. The van der Waals surface area contributed by atoms with Gasteiger partial charge in [-0.05, 0) is 44.1 Å². The number of nitrogens with one attached hydrogen (secondary N) is 1. The van der Waals surface area contributed by atoms with E-state index < -0.39 is 0 Å². The van der Waals surface area contributed by atoms with Crippen molar-refractivity contribution < 1.29 is 4.79 Å². The fourth-order valence-corrected chi connectivity index (χ4v) is 5.01. The molecule has 0 bridgehead atoms. The highest BCUT2D eigenvalue weighted by Gasteiger charge is 2.27. The smallest absolute Gasteiger partial charge is 0.275 e. The molecule has 1 aliphatic rings. The Morgan fingerprint density at radius 1 is 1.44 bits per heavy atom. The number of hydrogen-bond acceptors (Lipinski definition) is 7. The summed E-state index contributed by atoms with van der Waals surface area (Å²) >= 11 is 3.35. The van der Waals surface area contributed by atoms with Crippen LogP contribution in [0.15, 0.2) is 10.9 Å². The molecule has 2 aromatic rings. The SMILES string of the molecule is CCCSCCCNC(=O)[C@H]1CCCN(c2nn3c(=O)cc(C)nc3s2)C1. The van der Waals surface area contributed by atoms with E-state index in [1.165, 1.54) is 34.1 Å². The van der Waals surface area contributed by atoms with Crippen LogP contribution in [0.1, 0.15) is 38.3 Å². The Morgan fingerprint density at radius 2 is 2.30 bits per heavy atom. The Balaban J connectivity index is 1.57. The summed E-state index contributed by atoms with van der Waals surface area (Å²) in [6.07, 6.45) is 4.05. The van der Waals surface area contributed by atoms with Crippen molar-refractivity contribution in [3.63, 3.8) is 0 Å². The summed E-state index contributed by atoms with van der Waals surface area (Å²) in [4.78, 5) is 31.7. The largest absolute Gasteiger partial charge is 0.356 e. The topological polar surface area (TPSA) is 79.6 Å². The fraction of sp³-hybridized carbons (Fsp3) is 0.667. The van der Waals surface area contributed by atoms with E-state index in [2.05, 4.69) is 27.2 Å². The van der Waals surface area contributed by atoms with Crippen LogP contribution in [-0.2, 0) is 4.79 Å². The minimum absolute atomic E-state index is 0.0273. The molecule has 0 spiro atoms. The number of rotatable bonds is 8. The van der Waals surface area contributed by atoms with Gasteiger partial charge in [-0.3, -0.25) is 9.59 Å². The predicted octanol–water partition coefficient (Wildman–Crippen LogP) is 2.33. The van der Waals surface area contributed by atoms with Gasteiger partial charge < -0.3 is 10.2 Å². The second kappa shape index (κ2) is 9.54. The van der Waals surface area contributed by atoms with Crippen LogP contribution in [0, 0.1) is 12.8 Å². The zero-order valence-corrected chi connectivity index (χ0v) is 17.6. The van der Waals surface area contributed by atoms with E-state index in [1.54, 1.807) is 0 Å². The van der Waals surface area contributed by atoms with E-state index in [-0.39, 0.29) is 17.4 Å². The first-order chi connectivity index (χ1) is 13.1. The molecule has 0 unspecified atom stereocenters. The van der Waals surface area contributed by atoms with E-state index in [0.717, 1.165) is 43.2 Å². The molecule has 148 valence electrons. The number of piperidine rings is 1. The third-order valence-corrected chi connectivity index (χ3v) is 6.78. The Hall–Kier alpha value is -1.61. The van der Waals surface area contributed by atoms with Crippen LogP contribution in [-0.4, -0.2) is 51.6 Å². The van der Waals surface area contributed by atoms with E-state index in [9.17, 15) is 9.59 Å². The molecule has 1 aliphatic heterocycles. The minimum atomic E-state index is -0.160.